The van der Waals surface area contributed by atoms with Crippen molar-refractivity contribution in [3.8, 4) is 0 Å². The van der Waals surface area contributed by atoms with Gasteiger partial charge in [-0.15, -0.1) is 0 Å². The molecule has 1 aliphatic heterocycles. The molecule has 1 heterocycles. The number of ether oxygens (including phenoxy) is 2. The minimum absolute atomic E-state index is 0.0261. The van der Waals surface area contributed by atoms with E-state index >= 15 is 0 Å². The molecule has 5 nitrogen and oxygen atoms in total. The van der Waals surface area contributed by atoms with Crippen LogP contribution in [0.25, 0.3) is 0 Å². The molecule has 3 unspecified atom stereocenters. The van der Waals surface area contributed by atoms with Crippen LogP contribution in [0, 0.1) is 0 Å². The number of hydrogen-bond donors (Lipinski definition) is 1. The second kappa shape index (κ2) is 4.72. The lowest BCUT2D eigenvalue weighted by Crippen LogP contribution is -2.38. The second-order valence-electron chi connectivity index (χ2n) is 3.52. The van der Waals surface area contributed by atoms with Gasteiger partial charge in [-0.05, 0) is 6.92 Å². The Morgan fingerprint density at radius 1 is 1.36 bits per heavy atom. The summed E-state index contributed by atoms with van der Waals surface area (Å²) in [7, 11) is 3.23. The molecule has 1 N–H and O–H groups in total. The number of nitrogens with zero attached hydrogens (tertiary/aromatic N) is 1. The average molecular weight is 203 g/mol. The molecule has 0 aromatic heterocycles. The Morgan fingerprint density at radius 2 is 1.79 bits per heavy atom. The Kier molecular flexibility index (Phi) is 3.86. The zero-order valence-corrected chi connectivity index (χ0v) is 8.77. The molecule has 5 heteroatoms. The van der Waals surface area contributed by atoms with E-state index in [1.165, 1.54) is 0 Å². The van der Waals surface area contributed by atoms with Gasteiger partial charge in [-0.3, -0.25) is 9.69 Å². The molecule has 1 aliphatic rings. The molecule has 14 heavy (non-hydrogen) atoms. The fraction of sp³-hybridized carbons (Fsp3) is 0.889. The maximum atomic E-state index is 10.8. The standard InChI is InChI=1S/C9H17NO4/c1-6(9(11)12)10-4-7(13-2)8(5-10)14-3/h6-8H,4-5H2,1-3H3,(H,11,12). The summed E-state index contributed by atoms with van der Waals surface area (Å²) in [5, 5.41) is 8.84. The average Bonchev–Trinajstić information content (AvgIpc) is 2.59. The third-order valence-electron chi connectivity index (χ3n) is 2.75. The summed E-state index contributed by atoms with van der Waals surface area (Å²) in [4.78, 5) is 12.6. The van der Waals surface area contributed by atoms with Gasteiger partial charge in [-0.2, -0.15) is 0 Å². The Morgan fingerprint density at radius 3 is 2.07 bits per heavy atom. The van der Waals surface area contributed by atoms with Gasteiger partial charge in [-0.25, -0.2) is 0 Å². The number of methoxy groups -OCH3 is 2. The van der Waals surface area contributed by atoms with Gasteiger partial charge in [0.05, 0.1) is 12.2 Å². The molecular weight excluding hydrogens is 186 g/mol. The van der Waals surface area contributed by atoms with E-state index in [9.17, 15) is 4.79 Å². The molecule has 0 radical (unpaired) electrons. The number of carboxylic acid groups (broad SMARTS) is 1. The van der Waals surface area contributed by atoms with Crippen LogP contribution in [-0.4, -0.2) is 61.5 Å². The Balaban J connectivity index is 2.56. The number of carboxylic acids is 1. The highest BCUT2D eigenvalue weighted by Crippen LogP contribution is 2.17. The van der Waals surface area contributed by atoms with E-state index in [1.54, 1.807) is 21.1 Å². The minimum Gasteiger partial charge on any atom is -0.480 e. The first-order valence-electron chi connectivity index (χ1n) is 4.62. The van der Waals surface area contributed by atoms with E-state index in [4.69, 9.17) is 14.6 Å². The highest BCUT2D eigenvalue weighted by molar-refractivity contribution is 5.72. The molecule has 1 rings (SSSR count). The minimum atomic E-state index is -0.809. The molecule has 0 aromatic carbocycles. The number of carbonyl (C=O) groups is 1. The molecule has 0 aromatic rings. The van der Waals surface area contributed by atoms with Crippen LogP contribution in [0.3, 0.4) is 0 Å². The lowest BCUT2D eigenvalue weighted by Gasteiger charge is -2.19. The second-order valence-corrected chi connectivity index (χ2v) is 3.52. The van der Waals surface area contributed by atoms with Crippen molar-refractivity contribution in [1.82, 2.24) is 4.90 Å². The largest absolute Gasteiger partial charge is 0.480 e. The molecule has 1 saturated heterocycles. The fourth-order valence-electron chi connectivity index (χ4n) is 1.70. The van der Waals surface area contributed by atoms with Crippen molar-refractivity contribution in [3.63, 3.8) is 0 Å². The highest BCUT2D eigenvalue weighted by atomic mass is 16.5. The van der Waals surface area contributed by atoms with Crippen molar-refractivity contribution in [2.24, 2.45) is 0 Å². The molecule has 0 amide bonds. The van der Waals surface area contributed by atoms with Gasteiger partial charge in [-0.1, -0.05) is 0 Å². The van der Waals surface area contributed by atoms with Crippen molar-refractivity contribution >= 4 is 5.97 Å². The van der Waals surface area contributed by atoms with Crippen LogP contribution in [-0.2, 0) is 14.3 Å². The van der Waals surface area contributed by atoms with Crippen molar-refractivity contribution in [2.75, 3.05) is 27.3 Å². The normalized spacial score (nSPS) is 30.5. The van der Waals surface area contributed by atoms with Crippen LogP contribution in [0.4, 0.5) is 0 Å². The van der Waals surface area contributed by atoms with Crippen molar-refractivity contribution in [1.29, 1.82) is 0 Å². The molecule has 0 spiro atoms. The smallest absolute Gasteiger partial charge is 0.320 e. The summed E-state index contributed by atoms with van der Waals surface area (Å²) in [5.74, 6) is -0.809. The van der Waals surface area contributed by atoms with Crippen LogP contribution in [0.15, 0.2) is 0 Å². The summed E-state index contributed by atoms with van der Waals surface area (Å²) in [6.45, 7) is 2.90. The fourth-order valence-corrected chi connectivity index (χ4v) is 1.70. The molecule has 0 aliphatic carbocycles. The number of aliphatic carboxylic acids is 1. The molecule has 0 bridgehead atoms. The molecule has 1 fully saturated rings. The summed E-state index contributed by atoms with van der Waals surface area (Å²) in [5.41, 5.74) is 0. The summed E-state index contributed by atoms with van der Waals surface area (Å²) < 4.78 is 10.4. The Hall–Kier alpha value is -0.650. The SMILES string of the molecule is COC1CN(C(C)C(=O)O)CC1OC. The maximum absolute atomic E-state index is 10.8. The van der Waals surface area contributed by atoms with Gasteiger partial charge < -0.3 is 14.6 Å². The predicted octanol–water partition coefficient (Wildman–Crippen LogP) is -0.195. The summed E-state index contributed by atoms with van der Waals surface area (Å²) in [6.07, 6.45) is -0.0522. The van der Waals surface area contributed by atoms with E-state index in [-0.39, 0.29) is 12.2 Å². The highest BCUT2D eigenvalue weighted by Gasteiger charge is 2.37. The first kappa shape index (κ1) is 11.4. The third kappa shape index (κ3) is 2.23. The molecule has 3 atom stereocenters. The predicted molar refractivity (Wildman–Crippen MR) is 50.3 cm³/mol. The Labute approximate surface area is 83.6 Å². The number of rotatable bonds is 4. The number of likely N-dealkylation sites (tertiary alicyclic amines) is 1. The summed E-state index contributed by atoms with van der Waals surface area (Å²) in [6, 6.07) is -0.479. The summed E-state index contributed by atoms with van der Waals surface area (Å²) >= 11 is 0. The van der Waals surface area contributed by atoms with E-state index in [0.717, 1.165) is 0 Å². The van der Waals surface area contributed by atoms with Gasteiger partial charge in [0.2, 0.25) is 0 Å². The third-order valence-corrected chi connectivity index (χ3v) is 2.75. The Bertz CT molecular complexity index is 197. The molecule has 0 saturated carbocycles. The van der Waals surface area contributed by atoms with Gasteiger partial charge in [0.15, 0.2) is 0 Å². The molecule has 82 valence electrons. The van der Waals surface area contributed by atoms with E-state index in [1.807, 2.05) is 4.90 Å². The van der Waals surface area contributed by atoms with E-state index in [0.29, 0.717) is 13.1 Å². The zero-order valence-electron chi connectivity index (χ0n) is 8.77. The van der Waals surface area contributed by atoms with Crippen LogP contribution in [0.1, 0.15) is 6.92 Å². The van der Waals surface area contributed by atoms with Crippen LogP contribution in [0.5, 0.6) is 0 Å². The molecular formula is C9H17NO4. The van der Waals surface area contributed by atoms with Crippen molar-refractivity contribution in [2.45, 2.75) is 25.2 Å². The van der Waals surface area contributed by atoms with Crippen molar-refractivity contribution in [3.05, 3.63) is 0 Å². The monoisotopic (exact) mass is 203 g/mol. The van der Waals surface area contributed by atoms with Gasteiger partial charge >= 0.3 is 5.97 Å². The number of hydrogen-bond acceptors (Lipinski definition) is 4. The van der Waals surface area contributed by atoms with Gasteiger partial charge in [0.1, 0.15) is 6.04 Å². The van der Waals surface area contributed by atoms with Crippen LogP contribution in [0.2, 0.25) is 0 Å². The lowest BCUT2D eigenvalue weighted by molar-refractivity contribution is -0.142. The lowest BCUT2D eigenvalue weighted by atomic mass is 10.3. The quantitative estimate of drug-likeness (QED) is 0.686. The van der Waals surface area contributed by atoms with E-state index in [2.05, 4.69) is 0 Å². The van der Waals surface area contributed by atoms with Gasteiger partial charge in [0, 0.05) is 27.3 Å². The maximum Gasteiger partial charge on any atom is 0.320 e. The van der Waals surface area contributed by atoms with Crippen LogP contribution < -0.4 is 0 Å². The first-order chi connectivity index (χ1) is 6.60. The zero-order chi connectivity index (χ0) is 10.7. The first-order valence-corrected chi connectivity index (χ1v) is 4.62. The topological polar surface area (TPSA) is 59.0 Å². The van der Waals surface area contributed by atoms with Gasteiger partial charge in [0.25, 0.3) is 0 Å². The van der Waals surface area contributed by atoms with Crippen LogP contribution >= 0.6 is 0 Å². The van der Waals surface area contributed by atoms with Crippen molar-refractivity contribution < 1.29 is 19.4 Å². The van der Waals surface area contributed by atoms with E-state index < -0.39 is 12.0 Å².